The van der Waals surface area contributed by atoms with Crippen LogP contribution in [0.15, 0.2) is 133 Å². The first-order valence-corrected chi connectivity index (χ1v) is 23.1. The summed E-state index contributed by atoms with van der Waals surface area (Å²) < 4.78 is 27.9. The topological polar surface area (TPSA) is 124 Å². The lowest BCUT2D eigenvalue weighted by Gasteiger charge is -2.38. The number of amides is 2. The third-order valence-corrected chi connectivity index (χ3v) is 12.5. The van der Waals surface area contributed by atoms with Gasteiger partial charge in [0.15, 0.2) is 23.0 Å². The fourth-order valence-corrected chi connectivity index (χ4v) is 9.07. The molecule has 2 heterocycles. The highest BCUT2D eigenvalue weighted by atomic mass is 16.6. The second kappa shape index (κ2) is 22.0. The van der Waals surface area contributed by atoms with Crippen LogP contribution in [0.4, 0.5) is 4.79 Å². The molecule has 68 heavy (non-hydrogen) atoms. The van der Waals surface area contributed by atoms with Crippen molar-refractivity contribution in [2.45, 2.75) is 77.0 Å². The average Bonchev–Trinajstić information content (AvgIpc) is 3.35. The zero-order chi connectivity index (χ0) is 48.4. The quantitative estimate of drug-likeness (QED) is 0.121. The number of ether oxygens (including phenoxy) is 5. The maximum Gasteiger partial charge on any atom is 0.410 e. The van der Waals surface area contributed by atoms with Crippen molar-refractivity contribution in [1.29, 1.82) is 0 Å². The lowest BCUT2D eigenvalue weighted by Crippen LogP contribution is -2.43. The van der Waals surface area contributed by atoms with Gasteiger partial charge in [0.25, 0.3) is 0 Å². The molecule has 8 rings (SSSR count). The predicted octanol–water partition coefficient (Wildman–Crippen LogP) is 11.4. The summed E-state index contributed by atoms with van der Waals surface area (Å²) in [7, 11) is 6.49. The molecule has 1 N–H and O–H groups in total. The van der Waals surface area contributed by atoms with E-state index >= 15 is 0 Å². The van der Waals surface area contributed by atoms with Gasteiger partial charge in [-0.15, -0.1) is 0 Å². The Morgan fingerprint density at radius 2 is 0.912 bits per heavy atom. The van der Waals surface area contributed by atoms with Crippen LogP contribution in [0.2, 0.25) is 0 Å². The number of aliphatic carboxylic acids is 1. The molecule has 2 aliphatic rings. The molecule has 11 heteroatoms. The van der Waals surface area contributed by atoms with E-state index in [0.29, 0.717) is 55.4 Å². The minimum absolute atomic E-state index is 0.0125. The van der Waals surface area contributed by atoms with Crippen LogP contribution in [-0.2, 0) is 40.0 Å². The van der Waals surface area contributed by atoms with E-state index in [0.717, 1.165) is 45.4 Å². The molecule has 2 unspecified atom stereocenters. The Balaban J connectivity index is 0.000000201. The van der Waals surface area contributed by atoms with Gasteiger partial charge in [0, 0.05) is 19.5 Å². The van der Waals surface area contributed by atoms with Crippen LogP contribution in [-0.4, -0.2) is 80.0 Å². The van der Waals surface area contributed by atoms with Crippen molar-refractivity contribution in [3.05, 3.63) is 167 Å². The van der Waals surface area contributed by atoms with E-state index in [1.807, 2.05) is 91.2 Å². The third-order valence-electron chi connectivity index (χ3n) is 12.5. The van der Waals surface area contributed by atoms with Crippen LogP contribution in [0.1, 0.15) is 79.1 Å². The zero-order valence-electron chi connectivity index (χ0n) is 40.1. The van der Waals surface area contributed by atoms with Crippen molar-refractivity contribution in [2.75, 3.05) is 41.5 Å². The van der Waals surface area contributed by atoms with Gasteiger partial charge in [-0.2, -0.15) is 0 Å². The number of carboxylic acids is 1. The predicted molar refractivity (Wildman–Crippen MR) is 265 cm³/mol. The summed E-state index contributed by atoms with van der Waals surface area (Å²) in [5.74, 6) is 1.54. The van der Waals surface area contributed by atoms with Gasteiger partial charge in [0.05, 0.1) is 46.9 Å². The Morgan fingerprint density at radius 3 is 1.31 bits per heavy atom. The van der Waals surface area contributed by atoms with Gasteiger partial charge in [0.2, 0.25) is 5.91 Å². The molecular formula is C57H62N2O9. The van der Waals surface area contributed by atoms with E-state index in [1.165, 1.54) is 16.7 Å². The van der Waals surface area contributed by atoms with Gasteiger partial charge in [-0.25, -0.2) is 4.79 Å². The van der Waals surface area contributed by atoms with E-state index in [9.17, 15) is 14.4 Å². The van der Waals surface area contributed by atoms with Gasteiger partial charge in [-0.05, 0) is 126 Å². The van der Waals surface area contributed by atoms with Gasteiger partial charge < -0.3 is 38.6 Å². The molecule has 6 aromatic rings. The lowest BCUT2D eigenvalue weighted by molar-refractivity contribution is -0.142. The Bertz CT molecular complexity index is 2660. The van der Waals surface area contributed by atoms with Crippen molar-refractivity contribution in [3.8, 4) is 45.3 Å². The van der Waals surface area contributed by atoms with Gasteiger partial charge in [-0.1, -0.05) is 109 Å². The van der Waals surface area contributed by atoms with Crippen molar-refractivity contribution in [1.82, 2.24) is 9.80 Å². The number of benzene rings is 6. The van der Waals surface area contributed by atoms with Gasteiger partial charge in [-0.3, -0.25) is 9.59 Å². The van der Waals surface area contributed by atoms with Crippen LogP contribution in [0.25, 0.3) is 22.3 Å². The monoisotopic (exact) mass is 918 g/mol. The first-order valence-electron chi connectivity index (χ1n) is 23.1. The summed E-state index contributed by atoms with van der Waals surface area (Å²) in [6.45, 7) is 6.81. The first-order chi connectivity index (χ1) is 32.8. The third kappa shape index (κ3) is 11.8. The van der Waals surface area contributed by atoms with Gasteiger partial charge in [0.1, 0.15) is 5.60 Å². The Morgan fingerprint density at radius 1 is 0.529 bits per heavy atom. The standard InChI is InChI=1S/C29H33NO4.C28H29NO5/c1-29(2,3)34-28(31)30-16-15-23-18-26(32-4)27(33-5)19-24(23)25(30)17-20-11-13-22(14-12-20)21-9-7-6-8-10-21;1-33-25-17-22-14-15-29(27(30)12-13-28(31)32)24(23(22)18-26(25)34-2)16-19-8-10-21(11-9-19)20-6-4-3-5-7-20/h6-14,18-19,25H,15-17H2,1-5H3;3-11,17-18,24H,12-16H2,1-2H3,(H,31,32). The minimum atomic E-state index is -0.967. The smallest absolute Gasteiger partial charge is 0.410 e. The number of carbonyl (C=O) groups is 3. The molecule has 0 spiro atoms. The van der Waals surface area contributed by atoms with Crippen molar-refractivity contribution in [3.63, 3.8) is 0 Å². The van der Waals surface area contributed by atoms with E-state index in [2.05, 4.69) is 72.8 Å². The van der Waals surface area contributed by atoms with Gasteiger partial charge >= 0.3 is 12.1 Å². The molecule has 2 amide bonds. The molecule has 6 aromatic carbocycles. The Labute approximate surface area is 400 Å². The fraction of sp³-hybridized carbons (Fsp3) is 0.316. The summed E-state index contributed by atoms with van der Waals surface area (Å²) in [5, 5.41) is 9.06. The second-order valence-corrected chi connectivity index (χ2v) is 18.0. The molecule has 11 nitrogen and oxygen atoms in total. The zero-order valence-corrected chi connectivity index (χ0v) is 40.1. The average molecular weight is 919 g/mol. The minimum Gasteiger partial charge on any atom is -0.493 e. The van der Waals surface area contributed by atoms with Crippen LogP contribution < -0.4 is 18.9 Å². The number of hydrogen-bond donors (Lipinski definition) is 1. The molecule has 0 bridgehead atoms. The molecule has 0 aliphatic carbocycles. The molecule has 354 valence electrons. The molecule has 2 aliphatic heterocycles. The lowest BCUT2D eigenvalue weighted by atomic mass is 9.87. The Hall–Kier alpha value is -7.27. The number of rotatable bonds is 13. The molecule has 0 saturated heterocycles. The summed E-state index contributed by atoms with van der Waals surface area (Å²) in [5.41, 5.74) is 10.7. The number of nitrogens with zero attached hydrogens (tertiary/aromatic N) is 2. The van der Waals surface area contributed by atoms with Crippen molar-refractivity contribution in [2.24, 2.45) is 0 Å². The first kappa shape index (κ1) is 48.7. The maximum absolute atomic E-state index is 13.2. The maximum atomic E-state index is 13.2. The largest absolute Gasteiger partial charge is 0.493 e. The highest BCUT2D eigenvalue weighted by Gasteiger charge is 2.36. The van der Waals surface area contributed by atoms with Crippen molar-refractivity contribution < 1.29 is 43.2 Å². The summed E-state index contributed by atoms with van der Waals surface area (Å²) in [6, 6.07) is 45.1. The van der Waals surface area contributed by atoms with Crippen LogP contribution in [0.5, 0.6) is 23.0 Å². The second-order valence-electron chi connectivity index (χ2n) is 18.0. The molecule has 0 saturated carbocycles. The van der Waals surface area contributed by atoms with E-state index in [4.69, 9.17) is 28.8 Å². The fourth-order valence-electron chi connectivity index (χ4n) is 9.07. The molecule has 0 aromatic heterocycles. The summed E-state index contributed by atoms with van der Waals surface area (Å²) in [6.07, 6.45) is 2.23. The number of carboxylic acid groups (broad SMARTS) is 1. The highest BCUT2D eigenvalue weighted by Crippen LogP contribution is 2.42. The molecule has 0 radical (unpaired) electrons. The summed E-state index contributed by atoms with van der Waals surface area (Å²) >= 11 is 0. The van der Waals surface area contributed by atoms with E-state index < -0.39 is 11.6 Å². The molecule has 0 fully saturated rings. The van der Waals surface area contributed by atoms with Crippen molar-refractivity contribution >= 4 is 18.0 Å². The normalized spacial score (nSPS) is 15.2. The molecular weight excluding hydrogens is 857 g/mol. The number of hydrogen-bond acceptors (Lipinski definition) is 8. The van der Waals surface area contributed by atoms with E-state index in [-0.39, 0.29) is 36.9 Å². The highest BCUT2D eigenvalue weighted by molar-refractivity contribution is 5.81. The van der Waals surface area contributed by atoms with E-state index in [1.54, 1.807) is 28.4 Å². The van der Waals surface area contributed by atoms with Crippen LogP contribution >= 0.6 is 0 Å². The summed E-state index contributed by atoms with van der Waals surface area (Å²) in [4.78, 5) is 41.0. The Kier molecular flexibility index (Phi) is 15.8. The molecule has 2 atom stereocenters. The number of methoxy groups -OCH3 is 4. The van der Waals surface area contributed by atoms with Crippen LogP contribution in [0.3, 0.4) is 0 Å². The van der Waals surface area contributed by atoms with Crippen LogP contribution in [0, 0.1) is 0 Å². The number of fused-ring (bicyclic) bond motifs is 2. The SMILES string of the molecule is COc1cc2c(cc1OC)C(Cc1ccc(-c3ccccc3)cc1)N(C(=O)CCC(=O)O)CC2.COc1cc2c(cc1OC)C(Cc1ccc(-c3ccccc3)cc1)N(C(=O)OC(C)(C)C)CC2. The number of carbonyl (C=O) groups excluding carboxylic acids is 2.